The normalized spacial score (nSPS) is 15.1. The molecule has 0 radical (unpaired) electrons. The zero-order chi connectivity index (χ0) is 10.8. The molecule has 2 atom stereocenters. The predicted molar refractivity (Wildman–Crippen MR) is 63.4 cm³/mol. The van der Waals surface area contributed by atoms with Gasteiger partial charge in [0.1, 0.15) is 0 Å². The van der Waals surface area contributed by atoms with Gasteiger partial charge in [-0.1, -0.05) is 58.4 Å². The van der Waals surface area contributed by atoms with E-state index >= 15 is 0 Å². The summed E-state index contributed by atoms with van der Waals surface area (Å²) in [5.74, 6) is 0.241. The second-order valence-electron chi connectivity index (χ2n) is 4.22. The molecule has 0 amide bonds. The van der Waals surface area contributed by atoms with E-state index in [0.717, 1.165) is 12.8 Å². The summed E-state index contributed by atoms with van der Waals surface area (Å²) < 4.78 is 0. The van der Waals surface area contributed by atoms with Gasteiger partial charge in [-0.3, -0.25) is 0 Å². The van der Waals surface area contributed by atoms with Gasteiger partial charge in [-0.25, -0.2) is 0 Å². The van der Waals surface area contributed by atoms with E-state index in [4.69, 9.17) is 0 Å². The van der Waals surface area contributed by atoms with Crippen LogP contribution in [0.3, 0.4) is 0 Å². The van der Waals surface area contributed by atoms with Crippen LogP contribution in [0, 0.1) is 5.92 Å². The molecule has 0 saturated carbocycles. The van der Waals surface area contributed by atoms with Gasteiger partial charge >= 0.3 is 0 Å². The minimum Gasteiger partial charge on any atom is -0.393 e. The predicted octanol–water partition coefficient (Wildman–Crippen LogP) is 3.92. The molecule has 0 unspecified atom stereocenters. The van der Waals surface area contributed by atoms with Crippen molar-refractivity contribution in [2.75, 3.05) is 0 Å². The third-order valence-electron chi connectivity index (χ3n) is 2.83. The van der Waals surface area contributed by atoms with Crippen LogP contribution in [0.4, 0.5) is 0 Å². The van der Waals surface area contributed by atoms with E-state index in [2.05, 4.69) is 13.5 Å². The quantitative estimate of drug-likeness (QED) is 0.440. The van der Waals surface area contributed by atoms with Crippen LogP contribution in [0.15, 0.2) is 12.7 Å². The Hall–Kier alpha value is -0.300. The Morgan fingerprint density at radius 3 is 2.29 bits per heavy atom. The van der Waals surface area contributed by atoms with E-state index in [1.54, 1.807) is 0 Å². The lowest BCUT2D eigenvalue weighted by atomic mass is 9.99. The number of aliphatic hydroxyl groups is 1. The molecule has 0 aromatic heterocycles. The van der Waals surface area contributed by atoms with Crippen LogP contribution in [-0.2, 0) is 0 Å². The van der Waals surface area contributed by atoms with Gasteiger partial charge in [0, 0.05) is 0 Å². The fraction of sp³-hybridized carbons (Fsp3) is 0.846. The molecule has 14 heavy (non-hydrogen) atoms. The van der Waals surface area contributed by atoms with E-state index in [9.17, 15) is 5.11 Å². The topological polar surface area (TPSA) is 20.2 Å². The first-order valence-electron chi connectivity index (χ1n) is 6.03. The summed E-state index contributed by atoms with van der Waals surface area (Å²) in [6.07, 6.45) is 10.3. The van der Waals surface area contributed by atoms with Crippen molar-refractivity contribution < 1.29 is 5.11 Å². The van der Waals surface area contributed by atoms with Crippen LogP contribution in [-0.4, -0.2) is 11.2 Å². The van der Waals surface area contributed by atoms with Gasteiger partial charge in [0.05, 0.1) is 6.10 Å². The Morgan fingerprint density at radius 2 is 1.71 bits per heavy atom. The molecular weight excluding hydrogens is 172 g/mol. The maximum Gasteiger partial charge on any atom is 0.0600 e. The Balaban J connectivity index is 3.22. The zero-order valence-corrected chi connectivity index (χ0v) is 9.84. The highest BCUT2D eigenvalue weighted by atomic mass is 16.3. The highest BCUT2D eigenvalue weighted by molar-refractivity contribution is 4.80. The second kappa shape index (κ2) is 9.26. The summed E-state index contributed by atoms with van der Waals surface area (Å²) in [7, 11) is 0. The molecule has 1 nitrogen and oxygen atoms in total. The van der Waals surface area contributed by atoms with Gasteiger partial charge in [-0.05, 0) is 12.3 Å². The second-order valence-corrected chi connectivity index (χ2v) is 4.22. The minimum absolute atomic E-state index is 0.182. The highest BCUT2D eigenvalue weighted by Crippen LogP contribution is 2.13. The molecule has 84 valence electrons. The number of hydrogen-bond acceptors (Lipinski definition) is 1. The minimum atomic E-state index is -0.182. The first-order chi connectivity index (χ1) is 6.72. The summed E-state index contributed by atoms with van der Waals surface area (Å²) in [5, 5.41) is 9.65. The van der Waals surface area contributed by atoms with E-state index in [0.29, 0.717) is 0 Å². The van der Waals surface area contributed by atoms with Crippen molar-refractivity contribution in [3.8, 4) is 0 Å². The number of hydrogen-bond donors (Lipinski definition) is 1. The lowest BCUT2D eigenvalue weighted by Gasteiger charge is -2.14. The van der Waals surface area contributed by atoms with Crippen molar-refractivity contribution in [2.45, 2.75) is 64.9 Å². The van der Waals surface area contributed by atoms with E-state index in [1.165, 1.54) is 32.1 Å². The number of rotatable bonds is 9. The first kappa shape index (κ1) is 13.7. The standard InChI is InChI=1S/C13H26O/c1-4-6-7-8-9-10-11-13(14)12(3)5-2/h5,12-14H,2,4,6-11H2,1,3H3/t12-,13-/m1/s1. The molecule has 0 spiro atoms. The Kier molecular flexibility index (Phi) is 9.06. The molecule has 0 saturated heterocycles. The summed E-state index contributed by atoms with van der Waals surface area (Å²) in [4.78, 5) is 0. The van der Waals surface area contributed by atoms with Crippen molar-refractivity contribution in [1.29, 1.82) is 0 Å². The van der Waals surface area contributed by atoms with Crippen molar-refractivity contribution in [1.82, 2.24) is 0 Å². The Bertz CT molecular complexity index is 131. The smallest absolute Gasteiger partial charge is 0.0600 e. The molecule has 0 heterocycles. The van der Waals surface area contributed by atoms with Crippen molar-refractivity contribution >= 4 is 0 Å². The fourth-order valence-electron chi connectivity index (χ4n) is 1.55. The summed E-state index contributed by atoms with van der Waals surface area (Å²) in [5.41, 5.74) is 0. The maximum absolute atomic E-state index is 9.65. The van der Waals surface area contributed by atoms with Crippen LogP contribution in [0.1, 0.15) is 58.8 Å². The van der Waals surface area contributed by atoms with Crippen molar-refractivity contribution in [3.05, 3.63) is 12.7 Å². The highest BCUT2D eigenvalue weighted by Gasteiger charge is 2.09. The van der Waals surface area contributed by atoms with E-state index in [1.807, 2.05) is 13.0 Å². The number of unbranched alkanes of at least 4 members (excludes halogenated alkanes) is 5. The third-order valence-corrected chi connectivity index (χ3v) is 2.83. The number of aliphatic hydroxyl groups excluding tert-OH is 1. The molecule has 1 N–H and O–H groups in total. The molecule has 0 rings (SSSR count). The lowest BCUT2D eigenvalue weighted by molar-refractivity contribution is 0.125. The van der Waals surface area contributed by atoms with Gasteiger partial charge in [0.2, 0.25) is 0 Å². The summed E-state index contributed by atoms with van der Waals surface area (Å²) in [6.45, 7) is 7.94. The van der Waals surface area contributed by atoms with Crippen LogP contribution in [0.5, 0.6) is 0 Å². The molecule has 0 aromatic carbocycles. The first-order valence-corrected chi connectivity index (χ1v) is 6.03. The van der Waals surface area contributed by atoms with Gasteiger partial charge < -0.3 is 5.11 Å². The third kappa shape index (κ3) is 7.14. The molecule has 0 aliphatic heterocycles. The SMILES string of the molecule is C=C[C@@H](C)[C@H](O)CCCCCCCC. The average Bonchev–Trinajstić information content (AvgIpc) is 2.21. The van der Waals surface area contributed by atoms with Crippen LogP contribution < -0.4 is 0 Å². The summed E-state index contributed by atoms with van der Waals surface area (Å²) >= 11 is 0. The van der Waals surface area contributed by atoms with Crippen LogP contribution >= 0.6 is 0 Å². The molecule has 0 bridgehead atoms. The zero-order valence-electron chi connectivity index (χ0n) is 9.84. The molecular formula is C13H26O. The van der Waals surface area contributed by atoms with Gasteiger partial charge in [-0.15, -0.1) is 6.58 Å². The van der Waals surface area contributed by atoms with Gasteiger partial charge in [-0.2, -0.15) is 0 Å². The molecule has 0 aromatic rings. The molecule has 0 fully saturated rings. The molecule has 1 heteroatoms. The molecule has 0 aliphatic rings. The Morgan fingerprint density at radius 1 is 1.14 bits per heavy atom. The Labute approximate surface area is 89.2 Å². The van der Waals surface area contributed by atoms with Crippen molar-refractivity contribution in [2.24, 2.45) is 5.92 Å². The molecule has 0 aliphatic carbocycles. The maximum atomic E-state index is 9.65. The van der Waals surface area contributed by atoms with E-state index < -0.39 is 0 Å². The van der Waals surface area contributed by atoms with Crippen molar-refractivity contribution in [3.63, 3.8) is 0 Å². The van der Waals surface area contributed by atoms with Gasteiger partial charge in [0.25, 0.3) is 0 Å². The van der Waals surface area contributed by atoms with Crippen LogP contribution in [0.25, 0.3) is 0 Å². The fourth-order valence-corrected chi connectivity index (χ4v) is 1.55. The van der Waals surface area contributed by atoms with Gasteiger partial charge in [0.15, 0.2) is 0 Å². The monoisotopic (exact) mass is 198 g/mol. The largest absolute Gasteiger partial charge is 0.393 e. The van der Waals surface area contributed by atoms with Crippen LogP contribution in [0.2, 0.25) is 0 Å². The average molecular weight is 198 g/mol. The van der Waals surface area contributed by atoms with E-state index in [-0.39, 0.29) is 12.0 Å². The summed E-state index contributed by atoms with van der Waals surface area (Å²) in [6, 6.07) is 0. The lowest BCUT2D eigenvalue weighted by Crippen LogP contribution is -2.14.